The van der Waals surface area contributed by atoms with Crippen molar-refractivity contribution in [2.24, 2.45) is 5.92 Å². The second-order valence-electron chi connectivity index (χ2n) is 6.77. The van der Waals surface area contributed by atoms with Gasteiger partial charge in [-0.1, -0.05) is 0 Å². The molecule has 0 bridgehead atoms. The van der Waals surface area contributed by atoms with Crippen LogP contribution in [0.15, 0.2) is 18.2 Å². The highest BCUT2D eigenvalue weighted by Gasteiger charge is 2.33. The third-order valence-corrected chi connectivity index (χ3v) is 5.03. The maximum Gasteiger partial charge on any atom is 0.292 e. The van der Waals surface area contributed by atoms with E-state index in [0.29, 0.717) is 11.4 Å². The van der Waals surface area contributed by atoms with Crippen molar-refractivity contribution < 1.29 is 9.72 Å². The number of carbonyl (C=O) groups excluding carboxylic acids is 1. The Hall–Kier alpha value is -2.31. The number of hydrogen-bond donors (Lipinski definition) is 2. The number of nitro benzene ring substituents is 1. The maximum absolute atomic E-state index is 12.6. The summed E-state index contributed by atoms with van der Waals surface area (Å²) in [5.41, 5.74) is 6.70. The van der Waals surface area contributed by atoms with Crippen LogP contribution in [0.5, 0.6) is 0 Å². The molecule has 1 aromatic rings. The van der Waals surface area contributed by atoms with Crippen molar-refractivity contribution >= 4 is 23.0 Å². The molecule has 1 aromatic carbocycles. The minimum atomic E-state index is -0.410. The Labute approximate surface area is 141 Å². The van der Waals surface area contributed by atoms with Gasteiger partial charge in [-0.3, -0.25) is 14.9 Å². The van der Waals surface area contributed by atoms with E-state index in [1.165, 1.54) is 18.6 Å². The number of anilines is 2. The van der Waals surface area contributed by atoms with Gasteiger partial charge in [0, 0.05) is 36.8 Å². The number of nitrogen functional groups attached to an aromatic ring is 1. The predicted molar refractivity (Wildman–Crippen MR) is 92.7 cm³/mol. The topological polar surface area (TPSA) is 101 Å². The summed E-state index contributed by atoms with van der Waals surface area (Å²) in [4.78, 5) is 25.3. The molecular weight excluding hydrogens is 308 g/mol. The van der Waals surface area contributed by atoms with Gasteiger partial charge in [0.1, 0.15) is 5.69 Å². The third-order valence-electron chi connectivity index (χ3n) is 5.03. The van der Waals surface area contributed by atoms with Crippen molar-refractivity contribution in [2.75, 3.05) is 24.1 Å². The Kier molecular flexibility index (Phi) is 4.87. The molecule has 2 atom stereocenters. The average Bonchev–Trinajstić information content (AvgIpc) is 3.03. The predicted octanol–water partition coefficient (Wildman–Crippen LogP) is 2.77. The lowest BCUT2D eigenvalue weighted by molar-refractivity contribution is -0.384. The van der Waals surface area contributed by atoms with E-state index in [4.69, 9.17) is 5.73 Å². The van der Waals surface area contributed by atoms with Crippen molar-refractivity contribution in [3.05, 3.63) is 28.3 Å². The van der Waals surface area contributed by atoms with Gasteiger partial charge in [-0.2, -0.15) is 0 Å². The molecule has 1 amide bonds. The van der Waals surface area contributed by atoms with Crippen molar-refractivity contribution in [1.82, 2.24) is 4.90 Å². The molecule has 3 rings (SSSR count). The summed E-state index contributed by atoms with van der Waals surface area (Å²) in [7, 11) is 0. The number of nitrogens with one attached hydrogen (secondary N) is 1. The fourth-order valence-corrected chi connectivity index (χ4v) is 3.76. The summed E-state index contributed by atoms with van der Waals surface area (Å²) >= 11 is 0. The highest BCUT2D eigenvalue weighted by atomic mass is 16.6. The number of nitrogens with zero attached hydrogens (tertiary/aromatic N) is 2. The lowest BCUT2D eigenvalue weighted by Crippen LogP contribution is -2.39. The number of hydrogen-bond acceptors (Lipinski definition) is 5. The van der Waals surface area contributed by atoms with Crippen molar-refractivity contribution in [3.8, 4) is 0 Å². The monoisotopic (exact) mass is 332 g/mol. The molecule has 0 spiro atoms. The van der Waals surface area contributed by atoms with Gasteiger partial charge in [-0.05, 0) is 50.7 Å². The molecule has 7 nitrogen and oxygen atoms in total. The molecule has 2 fully saturated rings. The highest BCUT2D eigenvalue weighted by molar-refractivity contribution is 5.79. The van der Waals surface area contributed by atoms with Gasteiger partial charge in [0.2, 0.25) is 5.91 Å². The zero-order chi connectivity index (χ0) is 17.1. The summed E-state index contributed by atoms with van der Waals surface area (Å²) in [5, 5.41) is 14.4. The molecule has 24 heavy (non-hydrogen) atoms. The molecule has 1 aliphatic heterocycles. The van der Waals surface area contributed by atoms with Crippen molar-refractivity contribution in [2.45, 2.75) is 44.6 Å². The van der Waals surface area contributed by atoms with Gasteiger partial charge in [-0.25, -0.2) is 0 Å². The molecular formula is C17H24N4O3. The van der Waals surface area contributed by atoms with Crippen molar-refractivity contribution in [1.29, 1.82) is 0 Å². The van der Waals surface area contributed by atoms with Crippen LogP contribution >= 0.6 is 0 Å². The number of nitro groups is 1. The first-order valence-electron chi connectivity index (χ1n) is 8.64. The molecule has 0 aromatic heterocycles. The lowest BCUT2D eigenvalue weighted by atomic mass is 10.0. The minimum absolute atomic E-state index is 0.0232. The molecule has 7 heteroatoms. The molecule has 0 unspecified atom stereocenters. The van der Waals surface area contributed by atoms with Gasteiger partial charge in [0.25, 0.3) is 5.69 Å². The van der Waals surface area contributed by atoms with E-state index in [1.54, 1.807) is 6.07 Å². The van der Waals surface area contributed by atoms with E-state index < -0.39 is 4.92 Å². The van der Waals surface area contributed by atoms with Gasteiger partial charge in [0.15, 0.2) is 0 Å². The Bertz CT molecular complexity index is 628. The van der Waals surface area contributed by atoms with E-state index in [1.807, 2.05) is 4.90 Å². The van der Waals surface area contributed by atoms with E-state index in [9.17, 15) is 14.9 Å². The molecule has 2 aliphatic rings. The van der Waals surface area contributed by atoms with E-state index >= 15 is 0 Å². The quantitative estimate of drug-likeness (QED) is 0.501. The van der Waals surface area contributed by atoms with Crippen LogP contribution in [0.1, 0.15) is 38.5 Å². The van der Waals surface area contributed by atoms with Crippen LogP contribution in [0.4, 0.5) is 17.1 Å². The van der Waals surface area contributed by atoms with E-state index in [2.05, 4.69) is 5.32 Å². The number of benzene rings is 1. The number of piperidine rings is 1. The first-order chi connectivity index (χ1) is 11.5. The fraction of sp³-hybridized carbons (Fsp3) is 0.588. The third kappa shape index (κ3) is 3.60. The van der Waals surface area contributed by atoms with E-state index in [0.717, 1.165) is 45.2 Å². The molecule has 1 saturated carbocycles. The van der Waals surface area contributed by atoms with Gasteiger partial charge < -0.3 is 16.0 Å². The van der Waals surface area contributed by atoms with Crippen LogP contribution < -0.4 is 11.1 Å². The van der Waals surface area contributed by atoms with Crippen LogP contribution in [0.3, 0.4) is 0 Å². The highest BCUT2D eigenvalue weighted by Crippen LogP contribution is 2.33. The lowest BCUT2D eigenvalue weighted by Gasteiger charge is -2.29. The Morgan fingerprint density at radius 3 is 2.71 bits per heavy atom. The molecule has 1 aliphatic carbocycles. The summed E-state index contributed by atoms with van der Waals surface area (Å²) in [6.07, 6.45) is 5.80. The molecule has 130 valence electrons. The van der Waals surface area contributed by atoms with Gasteiger partial charge in [0.05, 0.1) is 4.92 Å². The second kappa shape index (κ2) is 7.07. The summed E-state index contributed by atoms with van der Waals surface area (Å²) < 4.78 is 0. The Balaban J connectivity index is 1.63. The SMILES string of the molecule is Nc1ccc([N+](=O)[O-])c(N[C@H]2CC[C@@H](C(=O)N3CCCCC3)C2)c1. The molecule has 3 N–H and O–H groups in total. The molecule has 1 saturated heterocycles. The number of rotatable bonds is 4. The second-order valence-corrected chi connectivity index (χ2v) is 6.77. The largest absolute Gasteiger partial charge is 0.399 e. The maximum atomic E-state index is 12.6. The van der Waals surface area contributed by atoms with Crippen LogP contribution in [0.25, 0.3) is 0 Å². The minimum Gasteiger partial charge on any atom is -0.399 e. The number of carbonyl (C=O) groups is 1. The summed E-state index contributed by atoms with van der Waals surface area (Å²) in [5.74, 6) is 0.279. The van der Waals surface area contributed by atoms with Crippen LogP contribution in [0, 0.1) is 16.0 Å². The zero-order valence-electron chi connectivity index (χ0n) is 13.7. The molecule has 1 heterocycles. The van der Waals surface area contributed by atoms with Crippen LogP contribution in [-0.4, -0.2) is 34.9 Å². The Morgan fingerprint density at radius 1 is 1.25 bits per heavy atom. The molecule has 0 radical (unpaired) electrons. The zero-order valence-corrected chi connectivity index (χ0v) is 13.7. The fourth-order valence-electron chi connectivity index (χ4n) is 3.76. The standard InChI is InChI=1S/C17H24N4O3/c18-13-5-7-16(21(23)24)15(11-13)19-14-6-4-12(10-14)17(22)20-8-2-1-3-9-20/h5,7,11-12,14,19H,1-4,6,8-10,18H2/t12-,14+/m1/s1. The summed E-state index contributed by atoms with van der Waals surface area (Å²) in [6.45, 7) is 1.74. The van der Waals surface area contributed by atoms with Crippen molar-refractivity contribution in [3.63, 3.8) is 0 Å². The van der Waals surface area contributed by atoms with Crippen LogP contribution in [-0.2, 0) is 4.79 Å². The van der Waals surface area contributed by atoms with E-state index in [-0.39, 0.29) is 23.6 Å². The smallest absolute Gasteiger partial charge is 0.292 e. The first-order valence-corrected chi connectivity index (χ1v) is 8.64. The number of amides is 1. The Morgan fingerprint density at radius 2 is 2.00 bits per heavy atom. The normalized spacial score (nSPS) is 23.9. The van der Waals surface area contributed by atoms with Gasteiger partial charge >= 0.3 is 0 Å². The average molecular weight is 332 g/mol. The van der Waals surface area contributed by atoms with Gasteiger partial charge in [-0.15, -0.1) is 0 Å². The first kappa shape index (κ1) is 16.5. The number of nitrogens with two attached hydrogens (primary N) is 1. The number of likely N-dealkylation sites (tertiary alicyclic amines) is 1. The summed E-state index contributed by atoms with van der Waals surface area (Å²) in [6, 6.07) is 4.62. The van der Waals surface area contributed by atoms with Crippen LogP contribution in [0.2, 0.25) is 0 Å².